The van der Waals surface area contributed by atoms with Crippen molar-refractivity contribution in [3.63, 3.8) is 0 Å². The van der Waals surface area contributed by atoms with Crippen molar-refractivity contribution in [1.82, 2.24) is 4.90 Å². The van der Waals surface area contributed by atoms with Gasteiger partial charge in [-0.1, -0.05) is 27.2 Å². The number of likely N-dealkylation sites (tertiary alicyclic amines) is 1. The Kier molecular flexibility index (Phi) is 4.90. The van der Waals surface area contributed by atoms with E-state index >= 15 is 0 Å². The van der Waals surface area contributed by atoms with E-state index in [9.17, 15) is 5.26 Å². The number of hydrogen-bond donors (Lipinski definition) is 0. The highest BCUT2D eigenvalue weighted by atomic mass is 15.2. The van der Waals surface area contributed by atoms with Crippen LogP contribution in [0.4, 0.5) is 0 Å². The van der Waals surface area contributed by atoms with Gasteiger partial charge in [0, 0.05) is 0 Å². The summed E-state index contributed by atoms with van der Waals surface area (Å²) in [6.07, 6.45) is 9.09. The molecule has 2 aliphatic rings. The Hall–Kier alpha value is -0.550. The maximum absolute atomic E-state index is 9.56. The van der Waals surface area contributed by atoms with Crippen molar-refractivity contribution in [2.24, 2.45) is 17.3 Å². The summed E-state index contributed by atoms with van der Waals surface area (Å²) in [7, 11) is 0. The molecular formula is C17H30N2. The Morgan fingerprint density at radius 2 is 1.58 bits per heavy atom. The van der Waals surface area contributed by atoms with Crippen LogP contribution in [0.1, 0.15) is 65.7 Å². The molecule has 0 N–H and O–H groups in total. The number of rotatable bonds is 2. The minimum absolute atomic E-state index is 0.196. The van der Waals surface area contributed by atoms with Crippen LogP contribution < -0.4 is 0 Å². The van der Waals surface area contributed by atoms with Crippen molar-refractivity contribution >= 4 is 0 Å². The lowest BCUT2D eigenvalue weighted by molar-refractivity contribution is 0.0910. The van der Waals surface area contributed by atoms with Crippen molar-refractivity contribution in [2.75, 3.05) is 13.1 Å². The molecular weight excluding hydrogens is 232 g/mol. The minimum Gasteiger partial charge on any atom is -0.288 e. The van der Waals surface area contributed by atoms with Crippen LogP contribution in [0.25, 0.3) is 0 Å². The van der Waals surface area contributed by atoms with Gasteiger partial charge in [-0.3, -0.25) is 4.90 Å². The second kappa shape index (κ2) is 6.27. The van der Waals surface area contributed by atoms with Gasteiger partial charge in [-0.2, -0.15) is 5.26 Å². The van der Waals surface area contributed by atoms with Gasteiger partial charge in [-0.05, 0) is 68.9 Å². The molecule has 0 spiro atoms. The maximum atomic E-state index is 9.56. The highest BCUT2D eigenvalue weighted by Crippen LogP contribution is 2.41. The molecule has 2 rings (SSSR count). The fraction of sp³-hybridized carbons (Fsp3) is 0.941. The summed E-state index contributed by atoms with van der Waals surface area (Å²) < 4.78 is 0. The van der Waals surface area contributed by atoms with Crippen LogP contribution in [0.5, 0.6) is 0 Å². The third-order valence-corrected chi connectivity index (χ3v) is 5.36. The van der Waals surface area contributed by atoms with E-state index in [1.165, 1.54) is 44.9 Å². The van der Waals surface area contributed by atoms with E-state index in [2.05, 4.69) is 31.7 Å². The fourth-order valence-electron chi connectivity index (χ4n) is 3.98. The van der Waals surface area contributed by atoms with E-state index in [0.717, 1.165) is 19.0 Å². The Morgan fingerprint density at radius 3 is 2.05 bits per heavy atom. The Labute approximate surface area is 119 Å². The first kappa shape index (κ1) is 14.9. The smallest absolute Gasteiger partial charge is 0.101 e. The summed E-state index contributed by atoms with van der Waals surface area (Å²) in [4.78, 5) is 2.46. The largest absolute Gasteiger partial charge is 0.288 e. The van der Waals surface area contributed by atoms with Gasteiger partial charge in [0.2, 0.25) is 0 Å². The Morgan fingerprint density at radius 1 is 1.00 bits per heavy atom. The van der Waals surface area contributed by atoms with Crippen LogP contribution >= 0.6 is 0 Å². The standard InChI is InChI=1S/C17H30N2/c1-17(2,3)15-9-7-14(8-10-15)16(13-18)19-11-5-4-6-12-19/h14-16H,4-12H2,1-3H3. The van der Waals surface area contributed by atoms with Gasteiger partial charge in [0.1, 0.15) is 6.04 Å². The molecule has 0 aromatic carbocycles. The maximum Gasteiger partial charge on any atom is 0.101 e. The number of hydrogen-bond acceptors (Lipinski definition) is 2. The molecule has 2 heteroatoms. The molecule has 0 radical (unpaired) electrons. The second-order valence-corrected chi connectivity index (χ2v) is 7.65. The van der Waals surface area contributed by atoms with Gasteiger partial charge < -0.3 is 0 Å². The third kappa shape index (κ3) is 3.72. The average Bonchev–Trinajstić information content (AvgIpc) is 2.40. The molecule has 108 valence electrons. The van der Waals surface area contributed by atoms with E-state index in [1.54, 1.807) is 0 Å². The summed E-state index contributed by atoms with van der Waals surface area (Å²) in [6, 6.07) is 2.82. The summed E-state index contributed by atoms with van der Waals surface area (Å²) in [5.41, 5.74) is 0.443. The van der Waals surface area contributed by atoms with Gasteiger partial charge in [-0.25, -0.2) is 0 Å². The molecule has 19 heavy (non-hydrogen) atoms. The molecule has 1 aliphatic heterocycles. The van der Waals surface area contributed by atoms with E-state index < -0.39 is 0 Å². The van der Waals surface area contributed by atoms with E-state index in [0.29, 0.717) is 11.3 Å². The fourth-order valence-corrected chi connectivity index (χ4v) is 3.98. The van der Waals surface area contributed by atoms with Gasteiger partial charge in [0.15, 0.2) is 0 Å². The summed E-state index contributed by atoms with van der Waals surface area (Å²) in [5.74, 6) is 1.48. The normalized spacial score (nSPS) is 31.7. The zero-order valence-electron chi connectivity index (χ0n) is 13.0. The number of nitriles is 1. The highest BCUT2D eigenvalue weighted by molar-refractivity contribution is 4.99. The summed E-state index contributed by atoms with van der Waals surface area (Å²) in [6.45, 7) is 9.40. The van der Waals surface area contributed by atoms with E-state index in [4.69, 9.17) is 0 Å². The van der Waals surface area contributed by atoms with Crippen molar-refractivity contribution in [3.05, 3.63) is 0 Å². The van der Waals surface area contributed by atoms with Crippen LogP contribution in [0.2, 0.25) is 0 Å². The molecule has 0 aromatic rings. The lowest BCUT2D eigenvalue weighted by Crippen LogP contribution is -2.44. The van der Waals surface area contributed by atoms with E-state index in [-0.39, 0.29) is 6.04 Å². The summed E-state index contributed by atoms with van der Waals surface area (Å²) >= 11 is 0. The molecule has 1 saturated carbocycles. The molecule has 0 aromatic heterocycles. The lowest BCUT2D eigenvalue weighted by atomic mass is 9.68. The van der Waals surface area contributed by atoms with Crippen LogP contribution in [0.3, 0.4) is 0 Å². The van der Waals surface area contributed by atoms with Crippen molar-refractivity contribution in [1.29, 1.82) is 5.26 Å². The molecule has 2 fully saturated rings. The number of piperidine rings is 1. The Balaban J connectivity index is 1.90. The van der Waals surface area contributed by atoms with Crippen LogP contribution in [-0.4, -0.2) is 24.0 Å². The quantitative estimate of drug-likeness (QED) is 0.745. The molecule has 2 nitrogen and oxygen atoms in total. The van der Waals surface area contributed by atoms with Crippen molar-refractivity contribution in [3.8, 4) is 6.07 Å². The second-order valence-electron chi connectivity index (χ2n) is 7.65. The first-order valence-corrected chi connectivity index (χ1v) is 8.16. The van der Waals surface area contributed by atoms with Crippen LogP contribution in [0.15, 0.2) is 0 Å². The van der Waals surface area contributed by atoms with E-state index in [1.807, 2.05) is 0 Å². The van der Waals surface area contributed by atoms with Gasteiger partial charge in [-0.15, -0.1) is 0 Å². The topological polar surface area (TPSA) is 27.0 Å². The number of nitrogens with zero attached hydrogens (tertiary/aromatic N) is 2. The first-order chi connectivity index (χ1) is 9.02. The molecule has 1 atom stereocenters. The summed E-state index contributed by atoms with van der Waals surface area (Å²) in [5, 5.41) is 9.56. The third-order valence-electron chi connectivity index (χ3n) is 5.36. The molecule has 1 aliphatic carbocycles. The molecule has 1 unspecified atom stereocenters. The molecule has 1 heterocycles. The van der Waals surface area contributed by atoms with Crippen molar-refractivity contribution in [2.45, 2.75) is 71.8 Å². The zero-order chi connectivity index (χ0) is 13.9. The first-order valence-electron chi connectivity index (χ1n) is 8.16. The highest BCUT2D eigenvalue weighted by Gasteiger charge is 2.35. The van der Waals surface area contributed by atoms with Crippen LogP contribution in [-0.2, 0) is 0 Å². The van der Waals surface area contributed by atoms with Crippen molar-refractivity contribution < 1.29 is 0 Å². The van der Waals surface area contributed by atoms with Gasteiger partial charge >= 0.3 is 0 Å². The minimum atomic E-state index is 0.196. The molecule has 0 amide bonds. The monoisotopic (exact) mass is 262 g/mol. The molecule has 0 bridgehead atoms. The average molecular weight is 262 g/mol. The molecule has 1 saturated heterocycles. The Bertz CT molecular complexity index is 309. The zero-order valence-corrected chi connectivity index (χ0v) is 13.0. The van der Waals surface area contributed by atoms with Crippen LogP contribution in [0, 0.1) is 28.6 Å². The SMILES string of the molecule is CC(C)(C)C1CCC(C(C#N)N2CCCCC2)CC1. The van der Waals surface area contributed by atoms with Gasteiger partial charge in [0.05, 0.1) is 6.07 Å². The van der Waals surface area contributed by atoms with Gasteiger partial charge in [0.25, 0.3) is 0 Å². The lowest BCUT2D eigenvalue weighted by Gasteiger charge is -2.41. The predicted molar refractivity (Wildman–Crippen MR) is 79.7 cm³/mol. The predicted octanol–water partition coefficient (Wildman–Crippen LogP) is 4.22.